The molecule has 0 spiro atoms. The second kappa shape index (κ2) is 32.9. The average Bonchev–Trinajstić information content (AvgIpc) is 1.59. The van der Waals surface area contributed by atoms with Crippen molar-refractivity contribution in [2.75, 3.05) is 0 Å². The van der Waals surface area contributed by atoms with Crippen LogP contribution in [0.2, 0.25) is 0 Å². The number of benzene rings is 11. The van der Waals surface area contributed by atoms with Crippen molar-refractivity contribution in [1.29, 1.82) is 0 Å². The fourth-order valence-electron chi connectivity index (χ4n) is 12.4. The van der Waals surface area contributed by atoms with Crippen LogP contribution in [0, 0.1) is 48.5 Å². The van der Waals surface area contributed by atoms with Crippen LogP contribution >= 0.6 is 11.3 Å². The Morgan fingerprint density at radius 2 is 1.00 bits per heavy atom. The molecule has 0 aliphatic rings. The lowest BCUT2D eigenvalue weighted by atomic mass is 10.0. The van der Waals surface area contributed by atoms with Crippen molar-refractivity contribution in [2.45, 2.75) is 48.5 Å². The summed E-state index contributed by atoms with van der Waals surface area (Å²) in [6, 6.07) is 101. The van der Waals surface area contributed by atoms with Crippen LogP contribution in [0.15, 0.2) is 326 Å². The molecule has 15 heteroatoms. The van der Waals surface area contributed by atoms with Gasteiger partial charge in [0.15, 0.2) is 17.3 Å². The Balaban J connectivity index is 0.000000107. The molecule has 9 heterocycles. The quantitative estimate of drug-likeness (QED) is 0.167. The molecule has 0 unspecified atom stereocenters. The predicted octanol–water partition coefficient (Wildman–Crippen LogP) is 21.9. The number of aromatic nitrogens is 13. The maximum Gasteiger partial charge on any atom is 0.192 e. The highest BCUT2D eigenvalue weighted by Crippen LogP contribution is 2.34. The van der Waals surface area contributed by atoms with E-state index in [-0.39, 0.29) is 0 Å². The zero-order chi connectivity index (χ0) is 71.7. The minimum Gasteiger partial charge on any atom is -0.441 e. The number of para-hydroxylation sites is 10. The predicted molar refractivity (Wildman–Crippen MR) is 429 cm³/mol. The monoisotopic (exact) mass is 1380 g/mol. The molecule has 11 aromatic carbocycles. The summed E-state index contributed by atoms with van der Waals surface area (Å²) in [4.78, 5) is 29.9. The van der Waals surface area contributed by atoms with E-state index < -0.39 is 0 Å². The summed E-state index contributed by atoms with van der Waals surface area (Å²) in [5, 5.41) is 17.3. The number of hydrogen-bond donors (Lipinski definition) is 0. The first-order chi connectivity index (χ1) is 50.9. The number of nitrogens with zero attached hydrogens (tertiary/aromatic N) is 13. The van der Waals surface area contributed by atoms with Gasteiger partial charge >= 0.3 is 0 Å². The van der Waals surface area contributed by atoms with Crippen LogP contribution in [-0.2, 0) is 7.05 Å². The van der Waals surface area contributed by atoms with Crippen molar-refractivity contribution < 1.29 is 4.42 Å². The number of rotatable bonds is 3. The van der Waals surface area contributed by atoms with E-state index in [2.05, 4.69) is 194 Å². The lowest BCUT2D eigenvalue weighted by molar-refractivity contribution is 0.561. The van der Waals surface area contributed by atoms with Gasteiger partial charge in [-0.3, -0.25) is 14.1 Å². The van der Waals surface area contributed by atoms with Crippen LogP contribution in [0.25, 0.3) is 115 Å². The lowest BCUT2D eigenvalue weighted by Crippen LogP contribution is -1.99. The molecular formula is C89H77N13OS. The van der Waals surface area contributed by atoms with Gasteiger partial charge < -0.3 is 13.4 Å². The van der Waals surface area contributed by atoms with E-state index in [4.69, 9.17) is 4.42 Å². The number of thiazole rings is 1. The molecule has 20 rings (SSSR count). The van der Waals surface area contributed by atoms with Crippen molar-refractivity contribution in [2.24, 2.45) is 7.05 Å². The molecule has 0 aliphatic heterocycles. The molecule has 0 saturated heterocycles. The van der Waals surface area contributed by atoms with Gasteiger partial charge in [-0.1, -0.05) is 200 Å². The van der Waals surface area contributed by atoms with Crippen LogP contribution in [0.5, 0.6) is 0 Å². The third-order valence-electron chi connectivity index (χ3n) is 17.1. The summed E-state index contributed by atoms with van der Waals surface area (Å²) in [5.41, 5.74) is 16.5. The summed E-state index contributed by atoms with van der Waals surface area (Å²) in [5.74, 6) is 4.33. The van der Waals surface area contributed by atoms with Gasteiger partial charge in [0.25, 0.3) is 0 Å². The first-order valence-corrected chi connectivity index (χ1v) is 35.1. The summed E-state index contributed by atoms with van der Waals surface area (Å²) in [6.45, 7) is 13.8. The Bertz CT molecular complexity index is 5910. The lowest BCUT2D eigenvalue weighted by Gasteiger charge is -2.08. The second-order valence-corrected chi connectivity index (χ2v) is 25.8. The smallest absolute Gasteiger partial charge is 0.192 e. The number of aryl methyl sites for hydroxylation is 8. The van der Waals surface area contributed by atoms with E-state index in [1.54, 1.807) is 11.3 Å². The van der Waals surface area contributed by atoms with E-state index >= 15 is 0 Å². The van der Waals surface area contributed by atoms with Crippen LogP contribution in [0.1, 0.15) is 39.6 Å². The minimum atomic E-state index is 0.723. The number of oxazole rings is 1. The Kier molecular flexibility index (Phi) is 22.0. The van der Waals surface area contributed by atoms with Gasteiger partial charge in [-0.2, -0.15) is 0 Å². The average molecular weight is 1380 g/mol. The Labute approximate surface area is 607 Å². The Morgan fingerprint density at radius 1 is 0.394 bits per heavy atom. The van der Waals surface area contributed by atoms with Gasteiger partial charge in [0.05, 0.1) is 43.0 Å². The molecule has 20 aromatic rings. The minimum absolute atomic E-state index is 0.723. The first kappa shape index (κ1) is 69.4. The fourth-order valence-corrected chi connectivity index (χ4v) is 13.2. The third kappa shape index (κ3) is 16.5. The van der Waals surface area contributed by atoms with E-state index in [1.165, 1.54) is 48.2 Å². The number of imidazole rings is 2. The molecule has 0 bridgehead atoms. The van der Waals surface area contributed by atoms with Gasteiger partial charge in [0.2, 0.25) is 0 Å². The Hall–Kier alpha value is -13.1. The van der Waals surface area contributed by atoms with Gasteiger partial charge in [-0.05, 0) is 155 Å². The van der Waals surface area contributed by atoms with E-state index in [1.807, 2.05) is 247 Å². The molecule has 0 atom stereocenters. The summed E-state index contributed by atoms with van der Waals surface area (Å²) in [6.07, 6.45) is 7.68. The van der Waals surface area contributed by atoms with Crippen molar-refractivity contribution in [3.05, 3.63) is 362 Å². The molecule has 104 heavy (non-hydrogen) atoms. The van der Waals surface area contributed by atoms with Gasteiger partial charge in [0.1, 0.15) is 28.6 Å². The normalized spacial score (nSPS) is 10.7. The van der Waals surface area contributed by atoms with E-state index in [0.717, 1.165) is 107 Å². The SMILES string of the molecule is Cc1cccc2cccnc12.Cc1cn2ccccc2n1.Cc1nc2ccccc2n1-c1ccccc1.Cc1nc2ccccc2o1.Cc1nc2ccccc2s1.Cc1ncc2ccccc2n1.Cc1nnc(-c2ccccc2)n1-c1ccccc1.Cn1c2ccccc2c2c3ccccc3ccc21. The van der Waals surface area contributed by atoms with Crippen LogP contribution in [-0.4, -0.2) is 63.2 Å². The largest absolute Gasteiger partial charge is 0.441 e. The van der Waals surface area contributed by atoms with Crippen molar-refractivity contribution in [1.82, 2.24) is 63.2 Å². The zero-order valence-electron chi connectivity index (χ0n) is 59.2. The van der Waals surface area contributed by atoms with Crippen LogP contribution in [0.3, 0.4) is 0 Å². The molecule has 9 aromatic heterocycles. The maximum absolute atomic E-state index is 5.26. The van der Waals surface area contributed by atoms with Gasteiger partial charge in [0, 0.05) is 88.3 Å². The Morgan fingerprint density at radius 3 is 1.73 bits per heavy atom. The highest BCUT2D eigenvalue weighted by atomic mass is 32.1. The molecule has 0 fully saturated rings. The van der Waals surface area contributed by atoms with E-state index in [9.17, 15) is 0 Å². The second-order valence-electron chi connectivity index (χ2n) is 24.6. The third-order valence-corrected chi connectivity index (χ3v) is 18.1. The van der Waals surface area contributed by atoms with Crippen molar-refractivity contribution in [3.8, 4) is 22.8 Å². The van der Waals surface area contributed by atoms with Crippen molar-refractivity contribution >= 4 is 104 Å². The molecule has 0 saturated carbocycles. The summed E-state index contributed by atoms with van der Waals surface area (Å²) in [7, 11) is 2.14. The molecule has 0 N–H and O–H groups in total. The topological polar surface area (TPSA) is 148 Å². The number of pyridine rings is 2. The summed E-state index contributed by atoms with van der Waals surface area (Å²) < 4.78 is 15.1. The molecule has 0 radical (unpaired) electrons. The first-order valence-electron chi connectivity index (χ1n) is 34.3. The molecular weight excluding hydrogens is 1300 g/mol. The fraction of sp³-hybridized carbons (Fsp3) is 0.0899. The zero-order valence-corrected chi connectivity index (χ0v) is 60.0. The highest BCUT2D eigenvalue weighted by Gasteiger charge is 2.14. The molecule has 0 aliphatic carbocycles. The number of hydrogen-bond acceptors (Lipinski definition) is 11. The van der Waals surface area contributed by atoms with Gasteiger partial charge in [-0.15, -0.1) is 21.5 Å². The summed E-state index contributed by atoms with van der Waals surface area (Å²) >= 11 is 1.74. The molecule has 0 amide bonds. The van der Waals surface area contributed by atoms with Gasteiger partial charge in [-0.25, -0.2) is 29.9 Å². The molecule has 14 nitrogen and oxygen atoms in total. The molecule has 510 valence electrons. The van der Waals surface area contributed by atoms with Crippen LogP contribution < -0.4 is 0 Å². The van der Waals surface area contributed by atoms with Crippen molar-refractivity contribution in [3.63, 3.8) is 0 Å². The van der Waals surface area contributed by atoms with Crippen LogP contribution in [0.4, 0.5) is 0 Å². The number of fused-ring (bicyclic) bond motifs is 11. The standard InChI is InChI=1S/C17H13N.C15H13N3.C14H12N2.C10H9N.C9H8N2.C8H8N2.C8H7NO.C8H7NS/c1-18-15-9-5-4-8-14(15)17-13-7-3-2-6-12(13)10-11-16(17)18;1-12-16-17-15(13-8-4-2-5-9-13)18(12)14-10-6-3-7-11-14;1-11-15-13-9-5-6-10-14(13)16(11)12-7-3-2-4-8-12;1-8-4-2-5-9-6-3-7-11-10(8)9;1-7-10-6-8-4-2-3-5-9(8)11-7;1-7-6-10-5-3-2-4-8(10)9-7;2*1-6-9-7-4-2-3-5-8(7)10-6/h2*2-11H,1H3;2-10H,1H3;2-7H,1H3;2-6H,1H3;2-6H,1H3;2*2-5H,1H3. The maximum atomic E-state index is 5.26. The van der Waals surface area contributed by atoms with E-state index in [0.29, 0.717) is 0 Å². The highest BCUT2D eigenvalue weighted by molar-refractivity contribution is 7.18.